The summed E-state index contributed by atoms with van der Waals surface area (Å²) < 4.78 is 8.38. The highest BCUT2D eigenvalue weighted by Gasteiger charge is 2.11. The quantitative estimate of drug-likeness (QED) is 0.452. The third-order valence-electron chi connectivity index (χ3n) is 4.87. The first-order valence-corrected chi connectivity index (χ1v) is 10.2. The molecule has 0 N–H and O–H groups in total. The number of nitrogens with zero attached hydrogens (tertiary/aromatic N) is 2. The van der Waals surface area contributed by atoms with Crippen molar-refractivity contribution in [3.05, 3.63) is 104 Å². The molecule has 0 amide bonds. The third kappa shape index (κ3) is 3.30. The lowest BCUT2D eigenvalue weighted by atomic mass is 10.1. The Balaban J connectivity index is 1.53. The Kier molecular flexibility index (Phi) is 4.37. The van der Waals surface area contributed by atoms with Crippen LogP contribution in [0.25, 0.3) is 22.1 Å². The van der Waals surface area contributed by atoms with Crippen molar-refractivity contribution < 1.29 is 4.74 Å². The summed E-state index contributed by atoms with van der Waals surface area (Å²) in [6.45, 7) is 2.55. The first-order valence-electron chi connectivity index (χ1n) is 9.38. The van der Waals surface area contributed by atoms with Crippen molar-refractivity contribution in [1.82, 2.24) is 9.38 Å². The van der Waals surface area contributed by atoms with Crippen LogP contribution in [0.5, 0.6) is 5.75 Å². The summed E-state index contributed by atoms with van der Waals surface area (Å²) in [5.41, 5.74) is 4.84. The standard InChI is InChI=1S/C24H18N2O2S/c1-16-10-12-17(13-11-16)15-28-21-9-5-2-6-18(21)14-22-23(27)26-20-8-4-3-7-19(20)25-24(26)29-22/h2-14H,15H2,1H3. The van der Waals surface area contributed by atoms with E-state index < -0.39 is 0 Å². The second-order valence-corrected chi connectivity index (χ2v) is 7.96. The minimum atomic E-state index is -0.0490. The van der Waals surface area contributed by atoms with Gasteiger partial charge in [-0.2, -0.15) is 0 Å². The van der Waals surface area contributed by atoms with Crippen molar-refractivity contribution in [2.45, 2.75) is 13.5 Å². The summed E-state index contributed by atoms with van der Waals surface area (Å²) >= 11 is 1.40. The van der Waals surface area contributed by atoms with Gasteiger partial charge in [0.25, 0.3) is 5.56 Å². The normalized spacial score (nSPS) is 12.1. The fourth-order valence-corrected chi connectivity index (χ4v) is 4.31. The molecular weight excluding hydrogens is 380 g/mol. The lowest BCUT2D eigenvalue weighted by Gasteiger charge is -2.09. The fraction of sp³-hybridized carbons (Fsp3) is 0.0833. The van der Waals surface area contributed by atoms with Gasteiger partial charge in [-0.05, 0) is 36.8 Å². The molecule has 0 radical (unpaired) electrons. The molecule has 29 heavy (non-hydrogen) atoms. The molecule has 0 aliphatic rings. The second kappa shape index (κ2) is 7.18. The van der Waals surface area contributed by atoms with Gasteiger partial charge >= 0.3 is 0 Å². The summed E-state index contributed by atoms with van der Waals surface area (Å²) in [6, 6.07) is 23.8. The molecule has 2 aromatic heterocycles. The molecule has 0 unspecified atom stereocenters. The molecule has 0 saturated heterocycles. The van der Waals surface area contributed by atoms with E-state index >= 15 is 0 Å². The van der Waals surface area contributed by atoms with Gasteiger partial charge in [0.1, 0.15) is 12.4 Å². The van der Waals surface area contributed by atoms with Gasteiger partial charge in [0.05, 0.1) is 15.6 Å². The molecule has 0 fully saturated rings. The van der Waals surface area contributed by atoms with E-state index in [4.69, 9.17) is 4.74 Å². The number of rotatable bonds is 4. The molecule has 142 valence electrons. The molecule has 0 atom stereocenters. The van der Waals surface area contributed by atoms with Crippen molar-refractivity contribution >= 4 is 33.4 Å². The molecule has 0 spiro atoms. The molecule has 5 rings (SSSR count). The Labute approximate surface area is 171 Å². The first-order chi connectivity index (χ1) is 14.2. The fourth-order valence-electron chi connectivity index (χ4n) is 3.33. The number of hydrogen-bond acceptors (Lipinski definition) is 4. The van der Waals surface area contributed by atoms with Crippen molar-refractivity contribution in [2.24, 2.45) is 0 Å². The highest BCUT2D eigenvalue weighted by atomic mass is 32.1. The number of imidazole rings is 1. The van der Waals surface area contributed by atoms with Gasteiger partial charge in [-0.25, -0.2) is 9.38 Å². The Morgan fingerprint density at radius 1 is 1.00 bits per heavy atom. The van der Waals surface area contributed by atoms with E-state index in [0.717, 1.165) is 27.9 Å². The molecule has 5 aromatic rings. The smallest absolute Gasteiger partial charge is 0.274 e. The van der Waals surface area contributed by atoms with Gasteiger partial charge in [-0.3, -0.25) is 4.79 Å². The van der Waals surface area contributed by atoms with E-state index in [1.807, 2.05) is 54.6 Å². The van der Waals surface area contributed by atoms with E-state index in [2.05, 4.69) is 36.2 Å². The number of thiazole rings is 1. The SMILES string of the molecule is Cc1ccc(COc2ccccc2C=c2sc3nc4ccccc4n3c2=O)cc1. The monoisotopic (exact) mass is 398 g/mol. The van der Waals surface area contributed by atoms with Crippen molar-refractivity contribution in [3.8, 4) is 5.75 Å². The maximum absolute atomic E-state index is 13.0. The average Bonchev–Trinajstić information content (AvgIpc) is 3.25. The summed E-state index contributed by atoms with van der Waals surface area (Å²) in [5.74, 6) is 0.753. The van der Waals surface area contributed by atoms with E-state index in [9.17, 15) is 4.79 Å². The lowest BCUT2D eigenvalue weighted by Crippen LogP contribution is -2.22. The highest BCUT2D eigenvalue weighted by molar-refractivity contribution is 7.15. The first kappa shape index (κ1) is 17.6. The molecule has 0 aliphatic heterocycles. The molecule has 0 saturated carbocycles. The van der Waals surface area contributed by atoms with Gasteiger partial charge in [-0.1, -0.05) is 71.5 Å². The minimum Gasteiger partial charge on any atom is -0.488 e. The topological polar surface area (TPSA) is 43.6 Å². The zero-order valence-electron chi connectivity index (χ0n) is 15.8. The molecule has 0 aliphatic carbocycles. The van der Waals surface area contributed by atoms with Gasteiger partial charge in [0.15, 0.2) is 4.96 Å². The highest BCUT2D eigenvalue weighted by Crippen LogP contribution is 2.21. The largest absolute Gasteiger partial charge is 0.488 e. The van der Waals surface area contributed by atoms with Crippen molar-refractivity contribution in [3.63, 3.8) is 0 Å². The predicted octanol–water partition coefficient (Wildman–Crippen LogP) is 4.34. The number of aryl methyl sites for hydroxylation is 1. The lowest BCUT2D eigenvalue weighted by molar-refractivity contribution is 0.305. The van der Waals surface area contributed by atoms with Crippen molar-refractivity contribution in [1.29, 1.82) is 0 Å². The van der Waals surface area contributed by atoms with E-state index in [1.54, 1.807) is 4.40 Å². The Morgan fingerprint density at radius 3 is 2.62 bits per heavy atom. The van der Waals surface area contributed by atoms with Crippen LogP contribution in [0.15, 0.2) is 77.6 Å². The summed E-state index contributed by atoms with van der Waals surface area (Å²) in [7, 11) is 0. The van der Waals surface area contributed by atoms with Crippen LogP contribution in [-0.2, 0) is 6.61 Å². The van der Waals surface area contributed by atoms with Crippen LogP contribution in [0.4, 0.5) is 0 Å². The molecular formula is C24H18N2O2S. The number of aromatic nitrogens is 2. The molecule has 4 nitrogen and oxygen atoms in total. The molecule has 3 aromatic carbocycles. The summed E-state index contributed by atoms with van der Waals surface area (Å²) in [5, 5.41) is 0. The maximum Gasteiger partial charge on any atom is 0.274 e. The molecule has 0 bridgehead atoms. The zero-order valence-corrected chi connectivity index (χ0v) is 16.6. The Hall–Kier alpha value is -3.44. The average molecular weight is 398 g/mol. The number of para-hydroxylation sites is 3. The van der Waals surface area contributed by atoms with Crippen LogP contribution in [0.2, 0.25) is 0 Å². The predicted molar refractivity (Wildman–Crippen MR) is 118 cm³/mol. The van der Waals surface area contributed by atoms with Crippen LogP contribution >= 0.6 is 11.3 Å². The van der Waals surface area contributed by atoms with Gasteiger partial charge in [-0.15, -0.1) is 0 Å². The summed E-state index contributed by atoms with van der Waals surface area (Å²) in [4.78, 5) is 18.3. The third-order valence-corrected chi connectivity index (χ3v) is 5.83. The van der Waals surface area contributed by atoms with Crippen LogP contribution in [-0.4, -0.2) is 9.38 Å². The Morgan fingerprint density at radius 2 is 1.76 bits per heavy atom. The van der Waals surface area contributed by atoms with Crippen LogP contribution in [0.3, 0.4) is 0 Å². The van der Waals surface area contributed by atoms with Gasteiger partial charge in [0.2, 0.25) is 0 Å². The molecule has 5 heteroatoms. The maximum atomic E-state index is 13.0. The van der Waals surface area contributed by atoms with Crippen molar-refractivity contribution in [2.75, 3.05) is 0 Å². The Bertz CT molecular complexity index is 1430. The number of ether oxygens (including phenoxy) is 1. The van der Waals surface area contributed by atoms with E-state index in [1.165, 1.54) is 16.9 Å². The zero-order chi connectivity index (χ0) is 19.8. The van der Waals surface area contributed by atoms with E-state index in [-0.39, 0.29) is 5.56 Å². The van der Waals surface area contributed by atoms with Gasteiger partial charge < -0.3 is 4.74 Å². The van der Waals surface area contributed by atoms with Gasteiger partial charge in [0, 0.05) is 5.56 Å². The van der Waals surface area contributed by atoms with Crippen LogP contribution in [0.1, 0.15) is 16.7 Å². The molecule has 2 heterocycles. The summed E-state index contributed by atoms with van der Waals surface area (Å²) in [6.07, 6.45) is 1.89. The number of benzene rings is 3. The number of hydrogen-bond donors (Lipinski definition) is 0. The van der Waals surface area contributed by atoms with Crippen LogP contribution in [0, 0.1) is 6.92 Å². The van der Waals surface area contributed by atoms with E-state index in [0.29, 0.717) is 16.1 Å². The van der Waals surface area contributed by atoms with Crippen LogP contribution < -0.4 is 14.8 Å². The second-order valence-electron chi connectivity index (χ2n) is 6.95. The minimum absolute atomic E-state index is 0.0490. The number of fused-ring (bicyclic) bond motifs is 3.